The van der Waals surface area contributed by atoms with E-state index in [-0.39, 0.29) is 11.8 Å². The number of hydroxylamine groups is 2. The van der Waals surface area contributed by atoms with Gasteiger partial charge in [0.25, 0.3) is 0 Å². The number of amides is 1. The molecule has 0 aliphatic heterocycles. The topological polar surface area (TPSA) is 41.6 Å². The Hall–Kier alpha value is -0.610. The Bertz CT molecular complexity index is 189. The fraction of sp³-hybridized carbons (Fsp3) is 0.900. The van der Waals surface area contributed by atoms with Crippen LogP contribution in [0, 0.1) is 5.92 Å². The highest BCUT2D eigenvalue weighted by Crippen LogP contribution is 2.25. The summed E-state index contributed by atoms with van der Waals surface area (Å²) in [4.78, 5) is 16.6. The number of hydrogen-bond donors (Lipinski definition) is 1. The second kappa shape index (κ2) is 5.32. The van der Waals surface area contributed by atoms with Crippen molar-refractivity contribution >= 4 is 5.91 Å². The standard InChI is InChI=1S/C10H20N2O2/c1-11-9-6-4-8(5-7-9)10(13)12(2)14-3/h8-9,11H,4-7H2,1-3H3/t8-,9+. The molecule has 1 aliphatic carbocycles. The van der Waals surface area contributed by atoms with Crippen molar-refractivity contribution in [2.24, 2.45) is 5.92 Å². The Balaban J connectivity index is 2.37. The second-order valence-corrected chi connectivity index (χ2v) is 3.86. The van der Waals surface area contributed by atoms with E-state index in [1.165, 1.54) is 12.2 Å². The van der Waals surface area contributed by atoms with Crippen LogP contribution in [0.2, 0.25) is 0 Å². The van der Waals surface area contributed by atoms with Crippen molar-refractivity contribution in [3.63, 3.8) is 0 Å². The fourth-order valence-electron chi connectivity index (χ4n) is 1.98. The molecule has 1 N–H and O–H groups in total. The largest absolute Gasteiger partial charge is 0.317 e. The quantitative estimate of drug-likeness (QED) is 0.685. The SMILES string of the molecule is CN[C@H]1CC[C@@H](C(=O)N(C)OC)CC1. The zero-order valence-electron chi connectivity index (χ0n) is 9.25. The van der Waals surface area contributed by atoms with Crippen molar-refractivity contribution in [2.45, 2.75) is 31.7 Å². The molecule has 0 unspecified atom stereocenters. The van der Waals surface area contributed by atoms with Gasteiger partial charge in [0.15, 0.2) is 0 Å². The molecule has 0 spiro atoms. The molecule has 0 saturated heterocycles. The van der Waals surface area contributed by atoms with E-state index in [2.05, 4.69) is 5.32 Å². The Morgan fingerprint density at radius 2 is 1.93 bits per heavy atom. The van der Waals surface area contributed by atoms with Gasteiger partial charge in [-0.1, -0.05) is 0 Å². The van der Waals surface area contributed by atoms with Crippen LogP contribution in [0.4, 0.5) is 0 Å². The summed E-state index contributed by atoms with van der Waals surface area (Å²) in [5, 5.41) is 4.59. The maximum absolute atomic E-state index is 11.7. The van der Waals surface area contributed by atoms with Crippen LogP contribution in [0.15, 0.2) is 0 Å². The van der Waals surface area contributed by atoms with Crippen molar-refractivity contribution < 1.29 is 9.63 Å². The molecule has 1 aliphatic rings. The van der Waals surface area contributed by atoms with Gasteiger partial charge in [-0.3, -0.25) is 9.63 Å². The van der Waals surface area contributed by atoms with Crippen LogP contribution >= 0.6 is 0 Å². The first-order chi connectivity index (χ1) is 6.69. The first kappa shape index (κ1) is 11.5. The number of carbonyl (C=O) groups is 1. The highest BCUT2D eigenvalue weighted by molar-refractivity contribution is 5.77. The van der Waals surface area contributed by atoms with Gasteiger partial charge in [-0.2, -0.15) is 0 Å². The molecule has 0 radical (unpaired) electrons. The van der Waals surface area contributed by atoms with Crippen LogP contribution in [0.1, 0.15) is 25.7 Å². The van der Waals surface area contributed by atoms with Gasteiger partial charge >= 0.3 is 0 Å². The van der Waals surface area contributed by atoms with Crippen molar-refractivity contribution in [1.29, 1.82) is 0 Å². The summed E-state index contributed by atoms with van der Waals surface area (Å²) in [6.45, 7) is 0. The minimum absolute atomic E-state index is 0.113. The fourth-order valence-corrected chi connectivity index (χ4v) is 1.98. The Morgan fingerprint density at radius 1 is 1.36 bits per heavy atom. The van der Waals surface area contributed by atoms with E-state index >= 15 is 0 Å². The smallest absolute Gasteiger partial charge is 0.248 e. The van der Waals surface area contributed by atoms with Gasteiger partial charge in [-0.25, -0.2) is 5.06 Å². The summed E-state index contributed by atoms with van der Waals surface area (Å²) in [5.74, 6) is 0.270. The molecular formula is C10H20N2O2. The maximum atomic E-state index is 11.7. The molecule has 1 rings (SSSR count). The summed E-state index contributed by atoms with van der Waals surface area (Å²) in [6, 6.07) is 0.590. The normalized spacial score (nSPS) is 27.4. The molecule has 4 heteroatoms. The Kier molecular flexibility index (Phi) is 4.35. The number of rotatable bonds is 3. The summed E-state index contributed by atoms with van der Waals surface area (Å²) < 4.78 is 0. The summed E-state index contributed by atoms with van der Waals surface area (Å²) in [5.41, 5.74) is 0. The van der Waals surface area contributed by atoms with Crippen molar-refractivity contribution in [3.8, 4) is 0 Å². The molecule has 1 saturated carbocycles. The molecule has 82 valence electrons. The van der Waals surface area contributed by atoms with Crippen molar-refractivity contribution in [2.75, 3.05) is 21.2 Å². The average molecular weight is 200 g/mol. The second-order valence-electron chi connectivity index (χ2n) is 3.86. The van der Waals surface area contributed by atoms with Crippen molar-refractivity contribution in [1.82, 2.24) is 10.4 Å². The number of nitrogens with zero attached hydrogens (tertiary/aromatic N) is 1. The third-order valence-corrected chi connectivity index (χ3v) is 3.07. The molecule has 14 heavy (non-hydrogen) atoms. The van der Waals surface area contributed by atoms with E-state index in [1.807, 2.05) is 7.05 Å². The number of nitrogens with one attached hydrogen (secondary N) is 1. The highest BCUT2D eigenvalue weighted by Gasteiger charge is 2.27. The highest BCUT2D eigenvalue weighted by atomic mass is 16.7. The van der Waals surface area contributed by atoms with E-state index in [0.717, 1.165) is 25.7 Å². The molecule has 0 aromatic rings. The molecule has 0 aromatic heterocycles. The average Bonchev–Trinajstić information content (AvgIpc) is 2.27. The van der Waals surface area contributed by atoms with Crippen LogP contribution < -0.4 is 5.32 Å². The maximum Gasteiger partial charge on any atom is 0.248 e. The molecule has 0 atom stereocenters. The van der Waals surface area contributed by atoms with Gasteiger partial charge in [-0.15, -0.1) is 0 Å². The third-order valence-electron chi connectivity index (χ3n) is 3.07. The molecule has 0 aromatic carbocycles. The number of hydrogen-bond acceptors (Lipinski definition) is 3. The third kappa shape index (κ3) is 2.69. The summed E-state index contributed by atoms with van der Waals surface area (Å²) >= 11 is 0. The van der Waals surface area contributed by atoms with E-state index in [1.54, 1.807) is 7.05 Å². The van der Waals surface area contributed by atoms with Gasteiger partial charge in [0.05, 0.1) is 7.11 Å². The minimum Gasteiger partial charge on any atom is -0.317 e. The molecule has 0 heterocycles. The molecule has 4 nitrogen and oxygen atoms in total. The Labute approximate surface area is 85.6 Å². The van der Waals surface area contributed by atoms with Gasteiger partial charge in [-0.05, 0) is 32.7 Å². The van der Waals surface area contributed by atoms with E-state index in [4.69, 9.17) is 4.84 Å². The van der Waals surface area contributed by atoms with Crippen LogP contribution in [0.25, 0.3) is 0 Å². The lowest BCUT2D eigenvalue weighted by Gasteiger charge is -2.29. The molecule has 0 bridgehead atoms. The summed E-state index contributed by atoms with van der Waals surface area (Å²) in [7, 11) is 5.18. The van der Waals surface area contributed by atoms with Gasteiger partial charge in [0.2, 0.25) is 5.91 Å². The zero-order chi connectivity index (χ0) is 10.6. The van der Waals surface area contributed by atoms with Gasteiger partial charge in [0.1, 0.15) is 0 Å². The molecular weight excluding hydrogens is 180 g/mol. The van der Waals surface area contributed by atoms with Crippen LogP contribution in [-0.4, -0.2) is 38.2 Å². The summed E-state index contributed by atoms with van der Waals surface area (Å²) in [6.07, 6.45) is 4.12. The minimum atomic E-state index is 0.113. The molecule has 1 fully saturated rings. The predicted molar refractivity (Wildman–Crippen MR) is 54.6 cm³/mol. The zero-order valence-corrected chi connectivity index (χ0v) is 9.25. The monoisotopic (exact) mass is 200 g/mol. The lowest BCUT2D eigenvalue weighted by Crippen LogP contribution is -2.37. The van der Waals surface area contributed by atoms with Crippen molar-refractivity contribution in [3.05, 3.63) is 0 Å². The van der Waals surface area contributed by atoms with Crippen LogP contribution in [0.3, 0.4) is 0 Å². The molecule has 1 amide bonds. The first-order valence-electron chi connectivity index (χ1n) is 5.18. The van der Waals surface area contributed by atoms with E-state index in [0.29, 0.717) is 6.04 Å². The predicted octanol–water partition coefficient (Wildman–Crippen LogP) is 0.784. The van der Waals surface area contributed by atoms with E-state index in [9.17, 15) is 4.79 Å². The van der Waals surface area contributed by atoms with Gasteiger partial charge < -0.3 is 5.32 Å². The van der Waals surface area contributed by atoms with Crippen LogP contribution in [-0.2, 0) is 9.63 Å². The lowest BCUT2D eigenvalue weighted by molar-refractivity contribution is -0.174. The van der Waals surface area contributed by atoms with E-state index < -0.39 is 0 Å². The Morgan fingerprint density at radius 3 is 2.36 bits per heavy atom. The first-order valence-corrected chi connectivity index (χ1v) is 5.18. The number of carbonyl (C=O) groups excluding carboxylic acids is 1. The van der Waals surface area contributed by atoms with Crippen LogP contribution in [0.5, 0.6) is 0 Å². The van der Waals surface area contributed by atoms with Gasteiger partial charge in [0, 0.05) is 19.0 Å². The lowest BCUT2D eigenvalue weighted by atomic mass is 9.85.